The van der Waals surface area contributed by atoms with Crippen molar-refractivity contribution in [2.75, 3.05) is 0 Å². The summed E-state index contributed by atoms with van der Waals surface area (Å²) >= 11 is 0. The van der Waals surface area contributed by atoms with Gasteiger partial charge in [-0.3, -0.25) is 0 Å². The number of rotatable bonds is 2. The van der Waals surface area contributed by atoms with Gasteiger partial charge in [-0.25, -0.2) is 0 Å². The normalized spacial score (nSPS) is 22.3. The van der Waals surface area contributed by atoms with Gasteiger partial charge in [0.25, 0.3) is 0 Å². The average Bonchev–Trinajstić information content (AvgIpc) is 2.28. The van der Waals surface area contributed by atoms with Crippen LogP contribution < -0.4 is 0 Å². The van der Waals surface area contributed by atoms with E-state index in [1.165, 1.54) is 0 Å². The summed E-state index contributed by atoms with van der Waals surface area (Å²) in [5.41, 5.74) is 0. The Labute approximate surface area is 92.4 Å². The second-order valence-corrected chi connectivity index (χ2v) is 19.9. The van der Waals surface area contributed by atoms with Crippen molar-refractivity contribution in [2.45, 2.75) is 43.3 Å². The molecule has 13 heavy (non-hydrogen) atoms. The smallest absolute Gasteiger partial charge is 0.0649 e. The molecule has 0 aromatic rings. The van der Waals surface area contributed by atoms with E-state index in [1.54, 1.807) is 0 Å². The second kappa shape index (κ2) is 3.47. The molecule has 0 saturated carbocycles. The molecule has 76 valence electrons. The molecule has 0 unspecified atom stereocenters. The first kappa shape index (κ1) is 11.9. The monoisotopic (exact) mass is 248 g/mol. The largest absolute Gasteiger partial charge is 0.0850 e. The summed E-state index contributed by atoms with van der Waals surface area (Å²) < 4.78 is 0.546. The van der Waals surface area contributed by atoms with E-state index in [9.17, 15) is 0 Å². The third kappa shape index (κ3) is 1.96. The second-order valence-electron chi connectivity index (χ2n) is 5.72. The van der Waals surface area contributed by atoms with Gasteiger partial charge in [0.15, 0.2) is 0 Å². The fourth-order valence-corrected chi connectivity index (χ4v) is 21.5. The van der Waals surface area contributed by atoms with Crippen LogP contribution in [0.1, 0.15) is 0 Å². The van der Waals surface area contributed by atoms with Crippen molar-refractivity contribution < 1.29 is 0 Å². The standard InChI is InChI=1S/C9H20S2Si2/c1-12(2,3)9(13(4,5)6)7-8-10-11-9/h7-8H,1-6H3. The van der Waals surface area contributed by atoms with Gasteiger partial charge in [0.2, 0.25) is 0 Å². The molecule has 1 aliphatic rings. The van der Waals surface area contributed by atoms with Gasteiger partial charge in [0.1, 0.15) is 0 Å². The molecule has 0 aromatic heterocycles. The Kier molecular flexibility index (Phi) is 3.19. The van der Waals surface area contributed by atoms with Gasteiger partial charge in [-0.2, -0.15) is 0 Å². The molecule has 0 fully saturated rings. The predicted octanol–water partition coefficient (Wildman–Crippen LogP) is 4.39. The molecular formula is C9H20S2Si2. The molecule has 4 heteroatoms. The van der Waals surface area contributed by atoms with E-state index >= 15 is 0 Å². The van der Waals surface area contributed by atoms with Gasteiger partial charge in [-0.15, -0.1) is 0 Å². The molecule has 0 spiro atoms. The molecule has 0 bridgehead atoms. The zero-order valence-corrected chi connectivity index (χ0v) is 13.1. The Morgan fingerprint density at radius 1 is 0.923 bits per heavy atom. The van der Waals surface area contributed by atoms with E-state index in [0.29, 0.717) is 3.99 Å². The lowest BCUT2D eigenvalue weighted by molar-refractivity contribution is 1.26. The SMILES string of the molecule is C[Si](C)(C)C1([Si](C)(C)C)C=CSS1. The summed E-state index contributed by atoms with van der Waals surface area (Å²) in [6.07, 6.45) is 2.51. The highest BCUT2D eigenvalue weighted by molar-refractivity contribution is 8.79. The van der Waals surface area contributed by atoms with E-state index in [0.717, 1.165) is 0 Å². The Morgan fingerprint density at radius 2 is 1.38 bits per heavy atom. The fraction of sp³-hybridized carbons (Fsp3) is 0.778. The zero-order chi connectivity index (χ0) is 10.3. The molecule has 0 amide bonds. The van der Waals surface area contributed by atoms with E-state index in [2.05, 4.69) is 61.6 Å². The molecule has 0 N–H and O–H groups in total. The van der Waals surface area contributed by atoms with E-state index in [-0.39, 0.29) is 0 Å². The minimum Gasteiger partial charge on any atom is -0.0850 e. The topological polar surface area (TPSA) is 0 Å². The van der Waals surface area contributed by atoms with Crippen molar-refractivity contribution >= 4 is 37.7 Å². The van der Waals surface area contributed by atoms with Crippen LogP contribution in [0, 0.1) is 0 Å². The van der Waals surface area contributed by atoms with E-state index in [1.807, 2.05) is 10.8 Å². The van der Waals surface area contributed by atoms with Crippen LogP contribution in [-0.4, -0.2) is 20.1 Å². The Morgan fingerprint density at radius 3 is 1.54 bits per heavy atom. The maximum atomic E-state index is 2.51. The predicted molar refractivity (Wildman–Crippen MR) is 73.7 cm³/mol. The van der Waals surface area contributed by atoms with Gasteiger partial charge in [-0.1, -0.05) is 66.9 Å². The van der Waals surface area contributed by atoms with Gasteiger partial charge >= 0.3 is 0 Å². The molecule has 0 atom stereocenters. The fourth-order valence-electron chi connectivity index (χ4n) is 2.13. The third-order valence-corrected chi connectivity index (χ3v) is 19.4. The average molecular weight is 249 g/mol. The molecule has 1 rings (SSSR count). The van der Waals surface area contributed by atoms with Crippen LogP contribution in [0.2, 0.25) is 39.3 Å². The van der Waals surface area contributed by atoms with Crippen LogP contribution in [0.25, 0.3) is 0 Å². The van der Waals surface area contributed by atoms with Crippen molar-refractivity contribution in [3.8, 4) is 0 Å². The highest BCUT2D eigenvalue weighted by atomic mass is 33.1. The Balaban J connectivity index is 3.11. The first-order chi connectivity index (χ1) is 5.71. The first-order valence-electron chi connectivity index (χ1n) is 4.73. The van der Waals surface area contributed by atoms with Crippen LogP contribution in [-0.2, 0) is 0 Å². The maximum Gasteiger partial charge on any atom is 0.0649 e. The Hall–Kier alpha value is 0.874. The van der Waals surface area contributed by atoms with Crippen LogP contribution in [0.3, 0.4) is 0 Å². The minimum absolute atomic E-state index is 0.546. The van der Waals surface area contributed by atoms with Crippen LogP contribution in [0.4, 0.5) is 0 Å². The number of hydrogen-bond donors (Lipinski definition) is 0. The van der Waals surface area contributed by atoms with Gasteiger partial charge in [0.05, 0.1) is 16.1 Å². The third-order valence-electron chi connectivity index (χ3n) is 2.77. The van der Waals surface area contributed by atoms with Gasteiger partial charge in [-0.05, 0) is 5.41 Å². The first-order valence-corrected chi connectivity index (χ1v) is 13.9. The summed E-state index contributed by atoms with van der Waals surface area (Å²) in [5.74, 6) is 0. The molecule has 0 aromatic carbocycles. The minimum atomic E-state index is -1.09. The van der Waals surface area contributed by atoms with Crippen LogP contribution in [0.5, 0.6) is 0 Å². The van der Waals surface area contributed by atoms with Crippen molar-refractivity contribution in [1.82, 2.24) is 0 Å². The lowest BCUT2D eigenvalue weighted by atomic mass is 10.7. The van der Waals surface area contributed by atoms with Gasteiger partial charge < -0.3 is 0 Å². The van der Waals surface area contributed by atoms with Crippen molar-refractivity contribution in [3.05, 3.63) is 11.5 Å². The molecule has 0 saturated heterocycles. The zero-order valence-electron chi connectivity index (χ0n) is 9.47. The molecule has 0 radical (unpaired) electrons. The molecular weight excluding hydrogens is 228 g/mol. The van der Waals surface area contributed by atoms with Crippen LogP contribution in [0.15, 0.2) is 11.5 Å². The van der Waals surface area contributed by atoms with Crippen molar-refractivity contribution in [1.29, 1.82) is 0 Å². The van der Waals surface area contributed by atoms with Gasteiger partial charge in [0, 0.05) is 3.99 Å². The summed E-state index contributed by atoms with van der Waals surface area (Å²) in [7, 11) is 1.89. The number of hydrogen-bond acceptors (Lipinski definition) is 2. The maximum absolute atomic E-state index is 2.51. The highest BCUT2D eigenvalue weighted by Gasteiger charge is 2.53. The van der Waals surface area contributed by atoms with Crippen molar-refractivity contribution in [2.24, 2.45) is 0 Å². The lowest BCUT2D eigenvalue weighted by Gasteiger charge is -2.46. The molecule has 0 aliphatic carbocycles. The van der Waals surface area contributed by atoms with Crippen molar-refractivity contribution in [3.63, 3.8) is 0 Å². The quantitative estimate of drug-likeness (QED) is 0.525. The summed E-state index contributed by atoms with van der Waals surface area (Å²) in [6, 6.07) is 0. The van der Waals surface area contributed by atoms with E-state index in [4.69, 9.17) is 0 Å². The Bertz CT molecular complexity index is 209. The molecule has 1 aliphatic heterocycles. The highest BCUT2D eigenvalue weighted by Crippen LogP contribution is 2.54. The van der Waals surface area contributed by atoms with Crippen LogP contribution >= 0.6 is 21.6 Å². The molecule has 1 heterocycles. The summed E-state index contributed by atoms with van der Waals surface area (Å²) in [5, 5.41) is 2.31. The summed E-state index contributed by atoms with van der Waals surface area (Å²) in [4.78, 5) is 0. The lowest BCUT2D eigenvalue weighted by Crippen LogP contribution is -2.61. The molecule has 0 nitrogen and oxygen atoms in total. The summed E-state index contributed by atoms with van der Waals surface area (Å²) in [6.45, 7) is 15.1. The van der Waals surface area contributed by atoms with E-state index < -0.39 is 16.1 Å².